The minimum absolute atomic E-state index is 0.128. The third-order valence-electron chi connectivity index (χ3n) is 4.22. The van der Waals surface area contributed by atoms with E-state index in [0.29, 0.717) is 6.54 Å². The minimum atomic E-state index is -0.427. The van der Waals surface area contributed by atoms with Crippen molar-refractivity contribution in [2.45, 2.75) is 20.3 Å². The average Bonchev–Trinajstić information content (AvgIpc) is 2.89. The Labute approximate surface area is 136 Å². The molecule has 1 saturated heterocycles. The number of likely N-dealkylation sites (N-methyl/N-ethyl adjacent to an activating group) is 1. The number of halogens is 1. The van der Waals surface area contributed by atoms with Gasteiger partial charge < -0.3 is 15.1 Å². The van der Waals surface area contributed by atoms with Gasteiger partial charge >= 0.3 is 0 Å². The number of carbonyl (C=O) groups is 2. The van der Waals surface area contributed by atoms with Crippen molar-refractivity contribution in [2.75, 3.05) is 38.1 Å². The van der Waals surface area contributed by atoms with Crippen LogP contribution in [0.3, 0.4) is 0 Å². The lowest BCUT2D eigenvalue weighted by molar-refractivity contribution is -0.126. The van der Waals surface area contributed by atoms with E-state index in [-0.39, 0.29) is 30.5 Å². The molecule has 6 heteroatoms. The quantitative estimate of drug-likeness (QED) is 0.865. The lowest BCUT2D eigenvalue weighted by Crippen LogP contribution is -2.37. The van der Waals surface area contributed by atoms with Gasteiger partial charge in [-0.05, 0) is 38.2 Å². The van der Waals surface area contributed by atoms with Crippen LogP contribution >= 0.6 is 0 Å². The first-order valence-electron chi connectivity index (χ1n) is 7.95. The highest BCUT2D eigenvalue weighted by Crippen LogP contribution is 2.28. The number of hydrogen-bond donors (Lipinski definition) is 1. The minimum Gasteiger partial charge on any atom is -0.355 e. The van der Waals surface area contributed by atoms with Gasteiger partial charge in [0.15, 0.2) is 0 Å². The monoisotopic (exact) mass is 321 g/mol. The number of amides is 2. The summed E-state index contributed by atoms with van der Waals surface area (Å²) in [4.78, 5) is 27.8. The summed E-state index contributed by atoms with van der Waals surface area (Å²) in [6.07, 6.45) is 0.128. The zero-order valence-corrected chi connectivity index (χ0v) is 13.9. The van der Waals surface area contributed by atoms with Gasteiger partial charge in [0, 0.05) is 26.1 Å². The summed E-state index contributed by atoms with van der Waals surface area (Å²) in [6.45, 7) is 6.30. The van der Waals surface area contributed by atoms with Crippen LogP contribution in [-0.4, -0.2) is 49.9 Å². The van der Waals surface area contributed by atoms with Crippen molar-refractivity contribution in [2.24, 2.45) is 5.92 Å². The van der Waals surface area contributed by atoms with Crippen LogP contribution in [0.25, 0.3) is 0 Å². The highest BCUT2D eigenvalue weighted by Gasteiger charge is 2.36. The molecule has 2 rings (SSSR count). The molecule has 1 fully saturated rings. The van der Waals surface area contributed by atoms with Crippen molar-refractivity contribution in [3.8, 4) is 0 Å². The molecule has 5 nitrogen and oxygen atoms in total. The Bertz CT molecular complexity index is 591. The number of carbonyl (C=O) groups excluding carboxylic acids is 2. The molecule has 0 bridgehead atoms. The molecule has 1 aromatic carbocycles. The first kappa shape index (κ1) is 17.4. The Hall–Kier alpha value is -1.95. The fraction of sp³-hybridized carbons (Fsp3) is 0.529. The number of benzene rings is 1. The first-order chi connectivity index (χ1) is 10.9. The molecule has 126 valence electrons. The van der Waals surface area contributed by atoms with Crippen molar-refractivity contribution in [1.29, 1.82) is 0 Å². The summed E-state index contributed by atoms with van der Waals surface area (Å²) in [5.74, 6) is -1.20. The van der Waals surface area contributed by atoms with Crippen molar-refractivity contribution < 1.29 is 14.0 Å². The van der Waals surface area contributed by atoms with Gasteiger partial charge in [-0.1, -0.05) is 13.0 Å². The Morgan fingerprint density at radius 1 is 1.48 bits per heavy atom. The van der Waals surface area contributed by atoms with Gasteiger partial charge in [0.05, 0.1) is 11.6 Å². The fourth-order valence-electron chi connectivity index (χ4n) is 2.62. The van der Waals surface area contributed by atoms with E-state index in [1.807, 2.05) is 14.0 Å². The number of anilines is 1. The third-order valence-corrected chi connectivity index (χ3v) is 4.22. The van der Waals surface area contributed by atoms with Crippen LogP contribution in [0.5, 0.6) is 0 Å². The largest absolute Gasteiger partial charge is 0.355 e. The highest BCUT2D eigenvalue weighted by molar-refractivity contribution is 6.00. The molecule has 23 heavy (non-hydrogen) atoms. The summed E-state index contributed by atoms with van der Waals surface area (Å²) < 4.78 is 14.0. The van der Waals surface area contributed by atoms with E-state index in [1.54, 1.807) is 19.1 Å². The summed E-state index contributed by atoms with van der Waals surface area (Å²) in [5, 5.41) is 2.85. The lowest BCUT2D eigenvalue weighted by atomic mass is 10.1. The number of hydrogen-bond acceptors (Lipinski definition) is 3. The van der Waals surface area contributed by atoms with E-state index in [2.05, 4.69) is 10.2 Å². The van der Waals surface area contributed by atoms with Gasteiger partial charge in [-0.25, -0.2) is 4.39 Å². The number of nitrogens with zero attached hydrogens (tertiary/aromatic N) is 2. The van der Waals surface area contributed by atoms with Gasteiger partial charge in [-0.3, -0.25) is 9.59 Å². The molecule has 2 amide bonds. The van der Waals surface area contributed by atoms with Crippen molar-refractivity contribution in [3.63, 3.8) is 0 Å². The molecular weight excluding hydrogens is 297 g/mol. The molecule has 0 unspecified atom stereocenters. The number of rotatable bonds is 6. The van der Waals surface area contributed by atoms with Crippen LogP contribution in [0, 0.1) is 18.7 Å². The fourth-order valence-corrected chi connectivity index (χ4v) is 2.62. The maximum atomic E-state index is 14.0. The van der Waals surface area contributed by atoms with Crippen LogP contribution in [0.1, 0.15) is 18.9 Å². The van der Waals surface area contributed by atoms with Crippen LogP contribution in [0.15, 0.2) is 18.2 Å². The normalized spacial score (nSPS) is 17.9. The van der Waals surface area contributed by atoms with Gasteiger partial charge in [0.2, 0.25) is 11.8 Å². The van der Waals surface area contributed by atoms with E-state index < -0.39 is 11.7 Å². The van der Waals surface area contributed by atoms with Gasteiger partial charge in [0.25, 0.3) is 0 Å². The molecular formula is C17H24FN3O2. The predicted molar refractivity (Wildman–Crippen MR) is 87.8 cm³/mol. The molecule has 1 heterocycles. The van der Waals surface area contributed by atoms with E-state index in [9.17, 15) is 14.0 Å². The van der Waals surface area contributed by atoms with Crippen molar-refractivity contribution in [3.05, 3.63) is 29.6 Å². The van der Waals surface area contributed by atoms with Crippen LogP contribution in [-0.2, 0) is 9.59 Å². The van der Waals surface area contributed by atoms with Gasteiger partial charge in [-0.15, -0.1) is 0 Å². The zero-order chi connectivity index (χ0) is 17.0. The number of aryl methyl sites for hydroxylation is 1. The second kappa shape index (κ2) is 7.55. The molecule has 1 aliphatic heterocycles. The van der Waals surface area contributed by atoms with E-state index in [4.69, 9.17) is 0 Å². The summed E-state index contributed by atoms with van der Waals surface area (Å²) in [7, 11) is 1.98. The molecule has 0 aliphatic carbocycles. The van der Waals surface area contributed by atoms with Crippen molar-refractivity contribution >= 4 is 17.5 Å². The summed E-state index contributed by atoms with van der Waals surface area (Å²) >= 11 is 0. The molecule has 1 atom stereocenters. The molecule has 1 aliphatic rings. The molecule has 1 N–H and O–H groups in total. The SMILES string of the molecule is CCN(C)CCNC(=O)[C@@H]1CC(=O)N(c2ccc(C)cc2F)C1. The average molecular weight is 321 g/mol. The zero-order valence-electron chi connectivity index (χ0n) is 13.9. The number of nitrogens with one attached hydrogen (secondary N) is 1. The maximum Gasteiger partial charge on any atom is 0.227 e. The first-order valence-corrected chi connectivity index (χ1v) is 7.95. The molecule has 0 aromatic heterocycles. The maximum absolute atomic E-state index is 14.0. The second-order valence-electron chi connectivity index (χ2n) is 6.05. The van der Waals surface area contributed by atoms with E-state index >= 15 is 0 Å². The van der Waals surface area contributed by atoms with Crippen molar-refractivity contribution in [1.82, 2.24) is 10.2 Å². The lowest BCUT2D eigenvalue weighted by Gasteiger charge is -2.18. The smallest absolute Gasteiger partial charge is 0.227 e. The molecule has 1 aromatic rings. The van der Waals surface area contributed by atoms with Crippen LogP contribution in [0.2, 0.25) is 0 Å². The highest BCUT2D eigenvalue weighted by atomic mass is 19.1. The predicted octanol–water partition coefficient (Wildman–Crippen LogP) is 1.55. The Morgan fingerprint density at radius 2 is 2.22 bits per heavy atom. The van der Waals surface area contributed by atoms with Gasteiger partial charge in [-0.2, -0.15) is 0 Å². The molecule has 0 saturated carbocycles. The summed E-state index contributed by atoms with van der Waals surface area (Å²) in [6, 6.07) is 4.76. The van der Waals surface area contributed by atoms with Gasteiger partial charge in [0.1, 0.15) is 5.82 Å². The summed E-state index contributed by atoms with van der Waals surface area (Å²) in [5.41, 5.74) is 1.05. The van der Waals surface area contributed by atoms with Crippen LogP contribution < -0.4 is 10.2 Å². The molecule has 0 spiro atoms. The molecule has 0 radical (unpaired) electrons. The standard InChI is InChI=1S/C17H24FN3O2/c1-4-20(3)8-7-19-17(23)13-10-16(22)21(11-13)15-6-5-12(2)9-14(15)18/h5-6,9,13H,4,7-8,10-11H2,1-3H3,(H,19,23)/t13-/m1/s1. The second-order valence-corrected chi connectivity index (χ2v) is 6.05. The van der Waals surface area contributed by atoms with Crippen LogP contribution in [0.4, 0.5) is 10.1 Å². The van der Waals surface area contributed by atoms with E-state index in [0.717, 1.165) is 18.7 Å². The van der Waals surface area contributed by atoms with E-state index in [1.165, 1.54) is 11.0 Å². The Morgan fingerprint density at radius 3 is 2.87 bits per heavy atom. The third kappa shape index (κ3) is 4.28. The Kier molecular flexibility index (Phi) is 5.71. The Balaban J connectivity index is 1.95. The topological polar surface area (TPSA) is 52.7 Å².